The standard InChI is InChI=1S/C12H15O6P.C9H18NO2/c1-10(2)12(13)16-8-9-17-19(14,15)18-11-6-4-3-5-7-11;1-8(2)9(11)12-7-6-10(3,4)5/h3-7H,1,8-9H2,2H3,(H,14,15);1,6-7H2,2-5H3/q;+1/p-1. The SMILES string of the molecule is C=C(C)C(=O)OCCOP(=O)([O-])Oc1ccccc1.C=C(C)C(=O)OCC[N+](C)(C)C. The van der Waals surface area contributed by atoms with Crippen LogP contribution in [0, 0.1) is 0 Å². The van der Waals surface area contributed by atoms with Crippen LogP contribution in [0.5, 0.6) is 5.75 Å². The fourth-order valence-electron chi connectivity index (χ4n) is 1.58. The van der Waals surface area contributed by atoms with Crippen LogP contribution in [0.2, 0.25) is 0 Å². The number of nitrogens with zero attached hydrogens (tertiary/aromatic N) is 1. The molecule has 1 aromatic rings. The number of carbonyl (C=O) groups excluding carboxylic acids is 2. The molecule has 0 spiro atoms. The second-order valence-corrected chi connectivity index (χ2v) is 8.87. The lowest BCUT2D eigenvalue weighted by Gasteiger charge is -2.23. The van der Waals surface area contributed by atoms with E-state index in [2.05, 4.69) is 48.1 Å². The molecule has 1 rings (SSSR count). The highest BCUT2D eigenvalue weighted by molar-refractivity contribution is 7.46. The summed E-state index contributed by atoms with van der Waals surface area (Å²) in [6, 6.07) is 7.94. The maximum Gasteiger partial charge on any atom is 0.333 e. The minimum atomic E-state index is -4.46. The van der Waals surface area contributed by atoms with Gasteiger partial charge in [-0.05, 0) is 26.0 Å². The van der Waals surface area contributed by atoms with Crippen LogP contribution in [0.25, 0.3) is 0 Å². The summed E-state index contributed by atoms with van der Waals surface area (Å²) in [5.41, 5.74) is 0.683. The van der Waals surface area contributed by atoms with E-state index in [0.29, 0.717) is 12.2 Å². The number of hydrogen-bond donors (Lipinski definition) is 0. The maximum atomic E-state index is 11.4. The second kappa shape index (κ2) is 13.8. The van der Waals surface area contributed by atoms with Gasteiger partial charge in [0, 0.05) is 11.1 Å². The van der Waals surface area contributed by atoms with Crippen LogP contribution in [0.4, 0.5) is 0 Å². The first-order valence-corrected chi connectivity index (χ1v) is 10.9. The zero-order valence-corrected chi connectivity index (χ0v) is 19.7. The smallest absolute Gasteiger partial charge is 0.333 e. The van der Waals surface area contributed by atoms with Crippen LogP contribution >= 0.6 is 7.82 Å². The normalized spacial score (nSPS) is 12.5. The Hall–Kier alpha value is -2.45. The van der Waals surface area contributed by atoms with Crippen LogP contribution in [0.15, 0.2) is 54.6 Å². The Morgan fingerprint density at radius 3 is 1.87 bits per heavy atom. The van der Waals surface area contributed by atoms with Gasteiger partial charge in [0.2, 0.25) is 0 Å². The van der Waals surface area contributed by atoms with Crippen molar-refractivity contribution in [2.75, 3.05) is 47.5 Å². The molecule has 0 aliphatic carbocycles. The quantitative estimate of drug-likeness (QED) is 0.164. The number of esters is 2. The summed E-state index contributed by atoms with van der Waals surface area (Å²) in [7, 11) is 1.69. The van der Waals surface area contributed by atoms with Gasteiger partial charge in [-0.25, -0.2) is 9.59 Å². The van der Waals surface area contributed by atoms with Gasteiger partial charge in [-0.1, -0.05) is 31.4 Å². The molecule has 0 aliphatic rings. The molecule has 0 saturated carbocycles. The zero-order chi connectivity index (χ0) is 24.1. The van der Waals surface area contributed by atoms with Crippen molar-refractivity contribution in [1.82, 2.24) is 0 Å². The third kappa shape index (κ3) is 16.0. The molecule has 0 aromatic heterocycles. The molecule has 0 N–H and O–H groups in total. The Morgan fingerprint density at radius 1 is 0.935 bits per heavy atom. The molecule has 0 fully saturated rings. The summed E-state index contributed by atoms with van der Waals surface area (Å²) < 4.78 is 31.0. The van der Waals surface area contributed by atoms with Gasteiger partial charge in [-0.2, -0.15) is 0 Å². The molecule has 1 aromatic carbocycles. The summed E-state index contributed by atoms with van der Waals surface area (Å²) >= 11 is 0. The molecule has 0 aliphatic heterocycles. The molecule has 1 atom stereocenters. The minimum absolute atomic E-state index is 0.153. The van der Waals surface area contributed by atoms with Gasteiger partial charge in [0.15, 0.2) is 0 Å². The molecule has 9 nitrogen and oxygen atoms in total. The summed E-state index contributed by atoms with van der Waals surface area (Å²) in [6.07, 6.45) is 0. The first-order valence-electron chi connectivity index (χ1n) is 9.39. The van der Waals surface area contributed by atoms with E-state index in [9.17, 15) is 19.0 Å². The lowest BCUT2D eigenvalue weighted by molar-refractivity contribution is -0.870. The molecule has 0 radical (unpaired) electrons. The highest BCUT2D eigenvalue weighted by Crippen LogP contribution is 2.38. The van der Waals surface area contributed by atoms with Crippen molar-refractivity contribution in [2.24, 2.45) is 0 Å². The third-order valence-corrected chi connectivity index (χ3v) is 4.15. The van der Waals surface area contributed by atoms with Gasteiger partial charge < -0.3 is 27.9 Å². The van der Waals surface area contributed by atoms with Gasteiger partial charge in [0.25, 0.3) is 0 Å². The van der Waals surface area contributed by atoms with E-state index in [-0.39, 0.29) is 30.5 Å². The number of phosphoric ester groups is 1. The van der Waals surface area contributed by atoms with E-state index >= 15 is 0 Å². The molecule has 174 valence electrons. The van der Waals surface area contributed by atoms with E-state index in [1.807, 2.05) is 0 Å². The third-order valence-electron chi connectivity index (χ3n) is 3.22. The van der Waals surface area contributed by atoms with Crippen molar-refractivity contribution in [3.05, 3.63) is 54.6 Å². The maximum absolute atomic E-state index is 11.4. The van der Waals surface area contributed by atoms with Crippen molar-refractivity contribution in [3.8, 4) is 5.75 Å². The molecular formula is C21H32NO8P. The Balaban J connectivity index is 0.000000649. The predicted molar refractivity (Wildman–Crippen MR) is 115 cm³/mol. The summed E-state index contributed by atoms with van der Waals surface area (Å²) in [5.74, 6) is -0.753. The highest BCUT2D eigenvalue weighted by Gasteiger charge is 2.12. The van der Waals surface area contributed by atoms with Gasteiger partial charge in [0.05, 0.1) is 27.7 Å². The largest absolute Gasteiger partial charge is 0.746 e. The van der Waals surface area contributed by atoms with Crippen molar-refractivity contribution in [3.63, 3.8) is 0 Å². The van der Waals surface area contributed by atoms with E-state index in [4.69, 9.17) is 4.74 Å². The highest BCUT2D eigenvalue weighted by atomic mass is 31.2. The van der Waals surface area contributed by atoms with Crippen molar-refractivity contribution < 1.29 is 42.1 Å². The summed E-state index contributed by atoms with van der Waals surface area (Å²) in [5, 5.41) is 0. The lowest BCUT2D eigenvalue weighted by atomic mass is 10.3. The average molecular weight is 457 g/mol. The van der Waals surface area contributed by atoms with Gasteiger partial charge in [-0.15, -0.1) is 0 Å². The molecule has 10 heteroatoms. The summed E-state index contributed by atoms with van der Waals surface area (Å²) in [4.78, 5) is 33.3. The zero-order valence-electron chi connectivity index (χ0n) is 18.8. The lowest BCUT2D eigenvalue weighted by Crippen LogP contribution is -2.38. The van der Waals surface area contributed by atoms with E-state index in [1.165, 1.54) is 19.1 Å². The topological polar surface area (TPSA) is 111 Å². The molecule has 0 heterocycles. The Bertz CT molecular complexity index is 786. The number of ether oxygens (including phenoxy) is 2. The van der Waals surface area contributed by atoms with E-state index in [0.717, 1.165) is 11.0 Å². The van der Waals surface area contributed by atoms with Crippen molar-refractivity contribution >= 4 is 19.8 Å². The van der Waals surface area contributed by atoms with Gasteiger partial charge in [0.1, 0.15) is 25.5 Å². The van der Waals surface area contributed by atoms with Gasteiger partial charge >= 0.3 is 19.8 Å². The Morgan fingerprint density at radius 2 is 1.42 bits per heavy atom. The van der Waals surface area contributed by atoms with Crippen LogP contribution in [0.1, 0.15) is 13.8 Å². The van der Waals surface area contributed by atoms with E-state index < -0.39 is 13.8 Å². The second-order valence-electron chi connectivity index (χ2n) is 7.53. The van der Waals surface area contributed by atoms with E-state index in [1.54, 1.807) is 25.1 Å². The van der Waals surface area contributed by atoms with Crippen molar-refractivity contribution in [1.29, 1.82) is 0 Å². The number of hydrogen-bond acceptors (Lipinski definition) is 8. The van der Waals surface area contributed by atoms with Crippen LogP contribution in [-0.4, -0.2) is 63.9 Å². The molecule has 1 unspecified atom stereocenters. The summed E-state index contributed by atoms with van der Waals surface area (Å²) in [6.45, 7) is 10.8. The average Bonchev–Trinajstić information content (AvgIpc) is 2.64. The van der Waals surface area contributed by atoms with Gasteiger partial charge in [-0.3, -0.25) is 4.57 Å². The number of carbonyl (C=O) groups is 2. The number of benzene rings is 1. The molecule has 0 bridgehead atoms. The Kier molecular flexibility index (Phi) is 12.7. The molecular weight excluding hydrogens is 425 g/mol. The van der Waals surface area contributed by atoms with Crippen molar-refractivity contribution in [2.45, 2.75) is 13.8 Å². The number of para-hydroxylation sites is 1. The number of rotatable bonds is 11. The van der Waals surface area contributed by atoms with Crippen LogP contribution in [0.3, 0.4) is 0 Å². The Labute approximate surface area is 184 Å². The van der Waals surface area contributed by atoms with Crippen LogP contribution in [-0.2, 0) is 28.2 Å². The molecule has 0 saturated heterocycles. The number of phosphoric acid groups is 1. The monoisotopic (exact) mass is 457 g/mol. The number of quaternary nitrogens is 1. The predicted octanol–water partition coefficient (Wildman–Crippen LogP) is 2.48. The first-order chi connectivity index (χ1) is 14.2. The molecule has 31 heavy (non-hydrogen) atoms. The fraction of sp³-hybridized carbons (Fsp3) is 0.429. The molecule has 0 amide bonds. The minimum Gasteiger partial charge on any atom is -0.746 e. The number of likely N-dealkylation sites (N-methyl/N-ethyl adjacent to an activating group) is 1. The fourth-order valence-corrected chi connectivity index (χ4v) is 2.31. The van der Waals surface area contributed by atoms with Crippen LogP contribution < -0.4 is 9.42 Å². The first kappa shape index (κ1) is 28.5.